The van der Waals surface area contributed by atoms with Gasteiger partial charge in [-0.05, 0) is 0 Å². The number of aliphatic imine (C=N–C) groups is 1. The molecule has 1 aromatic carbocycles. The first-order valence-corrected chi connectivity index (χ1v) is 9.62. The third-order valence-corrected chi connectivity index (χ3v) is 5.08. The first-order chi connectivity index (χ1) is 13.2. The predicted octanol–water partition coefficient (Wildman–Crippen LogP) is 2.29. The Hall–Kier alpha value is -1.95. The molecule has 1 aliphatic heterocycles. The number of ether oxygens (including phenoxy) is 3. The molecule has 8 nitrogen and oxygen atoms in total. The smallest absolute Gasteiger partial charge is 0.191 e. The Balaban J connectivity index is 0.00000280. The monoisotopic (exact) mass is 519 g/mol. The van der Waals surface area contributed by atoms with Gasteiger partial charge in [0.1, 0.15) is 23.9 Å². The minimum atomic E-state index is 0. The van der Waals surface area contributed by atoms with Crippen molar-refractivity contribution >= 4 is 46.4 Å². The summed E-state index contributed by atoms with van der Waals surface area (Å²) in [5.41, 5.74) is 6.13. The molecule has 0 radical (unpaired) electrons. The molecule has 1 aliphatic rings. The molecule has 1 fully saturated rings. The highest BCUT2D eigenvalue weighted by Crippen LogP contribution is 2.27. The van der Waals surface area contributed by atoms with E-state index in [2.05, 4.69) is 19.8 Å². The van der Waals surface area contributed by atoms with Crippen molar-refractivity contribution in [2.75, 3.05) is 58.5 Å². The molecule has 10 heteroatoms. The summed E-state index contributed by atoms with van der Waals surface area (Å²) in [5.74, 6) is 2.61. The fourth-order valence-corrected chi connectivity index (χ4v) is 3.48. The van der Waals surface area contributed by atoms with Crippen molar-refractivity contribution in [3.05, 3.63) is 29.8 Å². The van der Waals surface area contributed by atoms with Gasteiger partial charge >= 0.3 is 0 Å². The van der Waals surface area contributed by atoms with E-state index in [-0.39, 0.29) is 24.0 Å². The average molecular weight is 519 g/mol. The number of rotatable bonds is 7. The highest BCUT2D eigenvalue weighted by Gasteiger charge is 2.19. The van der Waals surface area contributed by atoms with Gasteiger partial charge in [-0.1, -0.05) is 0 Å². The zero-order chi connectivity index (χ0) is 19.1. The molecule has 2 N–H and O–H groups in total. The maximum atomic E-state index is 6.13. The van der Waals surface area contributed by atoms with E-state index in [1.807, 2.05) is 23.7 Å². The molecule has 0 bridgehead atoms. The van der Waals surface area contributed by atoms with Gasteiger partial charge in [0, 0.05) is 56.0 Å². The Labute approximate surface area is 186 Å². The van der Waals surface area contributed by atoms with Crippen LogP contribution in [0.15, 0.2) is 34.8 Å². The number of hydrogen-bond acceptors (Lipinski definition) is 7. The average Bonchev–Trinajstić information content (AvgIpc) is 3.25. The summed E-state index contributed by atoms with van der Waals surface area (Å²) >= 11 is 1.66. The van der Waals surface area contributed by atoms with Gasteiger partial charge in [-0.15, -0.1) is 35.3 Å². The maximum Gasteiger partial charge on any atom is 0.191 e. The second-order valence-electron chi connectivity index (χ2n) is 5.93. The standard InChI is InChI=1S/C18H25N5O3S.HI/c1-24-14-11-15(25-2)13-16(12-14)26-9-3-20-17(19)22-5-7-23(8-6-22)18-21-4-10-27-18;/h4,10-13H,3,5-9H2,1-2H3,(H2,19,20);1H. The molecule has 1 saturated heterocycles. The zero-order valence-electron chi connectivity index (χ0n) is 16.0. The second kappa shape index (κ2) is 11.1. The summed E-state index contributed by atoms with van der Waals surface area (Å²) in [6, 6.07) is 5.43. The Bertz CT molecular complexity index is 729. The Morgan fingerprint density at radius 1 is 1.11 bits per heavy atom. The number of nitrogens with zero attached hydrogens (tertiary/aromatic N) is 4. The Kier molecular flexibility index (Phi) is 8.90. The molecule has 0 aliphatic carbocycles. The zero-order valence-corrected chi connectivity index (χ0v) is 19.2. The third kappa shape index (κ3) is 6.03. The molecular weight excluding hydrogens is 493 g/mol. The third-order valence-electron chi connectivity index (χ3n) is 4.25. The van der Waals surface area contributed by atoms with E-state index in [9.17, 15) is 0 Å². The summed E-state index contributed by atoms with van der Waals surface area (Å²) in [7, 11) is 3.22. The number of anilines is 1. The van der Waals surface area contributed by atoms with E-state index in [4.69, 9.17) is 19.9 Å². The highest BCUT2D eigenvalue weighted by molar-refractivity contribution is 14.0. The van der Waals surface area contributed by atoms with Crippen molar-refractivity contribution < 1.29 is 14.2 Å². The number of halogens is 1. The van der Waals surface area contributed by atoms with Crippen LogP contribution < -0.4 is 24.8 Å². The largest absolute Gasteiger partial charge is 0.496 e. The van der Waals surface area contributed by atoms with Gasteiger partial charge in [0.25, 0.3) is 0 Å². The van der Waals surface area contributed by atoms with Crippen LogP contribution in [0.25, 0.3) is 0 Å². The van der Waals surface area contributed by atoms with Crippen LogP contribution in [0.5, 0.6) is 17.2 Å². The Morgan fingerprint density at radius 3 is 2.32 bits per heavy atom. The lowest BCUT2D eigenvalue weighted by atomic mass is 10.3. The first kappa shape index (κ1) is 22.3. The number of nitrogens with two attached hydrogens (primary N) is 1. The van der Waals surface area contributed by atoms with Crippen molar-refractivity contribution in [1.29, 1.82) is 0 Å². The molecule has 1 aromatic heterocycles. The number of guanidine groups is 1. The van der Waals surface area contributed by atoms with Gasteiger partial charge in [0.2, 0.25) is 0 Å². The molecule has 0 spiro atoms. The SMILES string of the molecule is COc1cc(OC)cc(OCCN=C(N)N2CCN(c3nccs3)CC2)c1.I. The van der Waals surface area contributed by atoms with Crippen LogP contribution in [-0.2, 0) is 0 Å². The van der Waals surface area contributed by atoms with Crippen LogP contribution in [0.3, 0.4) is 0 Å². The maximum absolute atomic E-state index is 6.13. The summed E-state index contributed by atoms with van der Waals surface area (Å²) < 4.78 is 16.2. The van der Waals surface area contributed by atoms with Gasteiger partial charge in [-0.2, -0.15) is 0 Å². The lowest BCUT2D eigenvalue weighted by Gasteiger charge is -2.35. The second-order valence-corrected chi connectivity index (χ2v) is 6.80. The summed E-state index contributed by atoms with van der Waals surface area (Å²) in [6.45, 7) is 4.37. The number of benzene rings is 1. The van der Waals surface area contributed by atoms with E-state index in [0.717, 1.165) is 31.3 Å². The van der Waals surface area contributed by atoms with Crippen LogP contribution in [0.4, 0.5) is 5.13 Å². The topological polar surface area (TPSA) is 85.4 Å². The number of thiazole rings is 1. The van der Waals surface area contributed by atoms with Crippen LogP contribution in [-0.4, -0.2) is 69.4 Å². The molecule has 154 valence electrons. The molecule has 0 saturated carbocycles. The van der Waals surface area contributed by atoms with Gasteiger partial charge in [0.15, 0.2) is 11.1 Å². The van der Waals surface area contributed by atoms with Crippen LogP contribution in [0.2, 0.25) is 0 Å². The molecule has 0 unspecified atom stereocenters. The lowest BCUT2D eigenvalue weighted by molar-refractivity contribution is 0.319. The normalized spacial score (nSPS) is 14.4. The number of hydrogen-bond donors (Lipinski definition) is 1. The first-order valence-electron chi connectivity index (χ1n) is 8.75. The van der Waals surface area contributed by atoms with Crippen molar-refractivity contribution in [2.45, 2.75) is 0 Å². The van der Waals surface area contributed by atoms with Crippen LogP contribution >= 0.6 is 35.3 Å². The molecule has 2 aromatic rings. The van der Waals surface area contributed by atoms with Crippen LogP contribution in [0, 0.1) is 0 Å². The number of piperazine rings is 1. The molecule has 0 amide bonds. The van der Waals surface area contributed by atoms with E-state index in [0.29, 0.717) is 36.4 Å². The molecule has 3 rings (SSSR count). The van der Waals surface area contributed by atoms with Crippen LogP contribution in [0.1, 0.15) is 0 Å². The van der Waals surface area contributed by atoms with Gasteiger partial charge in [-0.3, -0.25) is 0 Å². The fourth-order valence-electron chi connectivity index (χ4n) is 2.79. The quantitative estimate of drug-likeness (QED) is 0.260. The van der Waals surface area contributed by atoms with Crippen molar-refractivity contribution in [2.24, 2.45) is 10.7 Å². The van der Waals surface area contributed by atoms with E-state index in [1.54, 1.807) is 31.6 Å². The Morgan fingerprint density at radius 2 is 1.75 bits per heavy atom. The number of aromatic nitrogens is 1. The van der Waals surface area contributed by atoms with E-state index >= 15 is 0 Å². The molecule has 0 atom stereocenters. The minimum Gasteiger partial charge on any atom is -0.496 e. The van der Waals surface area contributed by atoms with Crippen molar-refractivity contribution in [1.82, 2.24) is 9.88 Å². The molecular formula is C18H26IN5O3S. The minimum absolute atomic E-state index is 0. The molecule has 2 heterocycles. The fraction of sp³-hybridized carbons (Fsp3) is 0.444. The number of methoxy groups -OCH3 is 2. The van der Waals surface area contributed by atoms with Crippen molar-refractivity contribution in [3.8, 4) is 17.2 Å². The predicted molar refractivity (Wildman–Crippen MR) is 123 cm³/mol. The van der Waals surface area contributed by atoms with Crippen molar-refractivity contribution in [3.63, 3.8) is 0 Å². The van der Waals surface area contributed by atoms with E-state index in [1.165, 1.54) is 0 Å². The summed E-state index contributed by atoms with van der Waals surface area (Å²) in [5, 5.41) is 3.06. The van der Waals surface area contributed by atoms with Gasteiger partial charge < -0.3 is 29.7 Å². The van der Waals surface area contributed by atoms with Gasteiger partial charge in [-0.25, -0.2) is 9.98 Å². The van der Waals surface area contributed by atoms with E-state index < -0.39 is 0 Å². The summed E-state index contributed by atoms with van der Waals surface area (Å²) in [6.07, 6.45) is 1.83. The summed E-state index contributed by atoms with van der Waals surface area (Å²) in [4.78, 5) is 13.2. The van der Waals surface area contributed by atoms with Gasteiger partial charge in [0.05, 0.1) is 20.8 Å². The highest BCUT2D eigenvalue weighted by atomic mass is 127. The lowest BCUT2D eigenvalue weighted by Crippen LogP contribution is -2.51. The molecule has 28 heavy (non-hydrogen) atoms.